The largest absolute Gasteiger partial charge is 0.374 e. The lowest BCUT2D eigenvalue weighted by Gasteiger charge is -2.24. The maximum Gasteiger partial charge on any atom is 0.124 e. The number of para-hydroxylation sites is 1. The fourth-order valence-electron chi connectivity index (χ4n) is 1.61. The molecule has 0 spiro atoms. The van der Waals surface area contributed by atoms with Gasteiger partial charge in [0, 0.05) is 12.2 Å². The lowest BCUT2D eigenvalue weighted by Crippen LogP contribution is -2.21. The molecule has 0 N–H and O–H groups in total. The van der Waals surface area contributed by atoms with Gasteiger partial charge in [-0.1, -0.05) is 31.4 Å². The van der Waals surface area contributed by atoms with Crippen molar-refractivity contribution in [2.45, 2.75) is 20.0 Å². The van der Waals surface area contributed by atoms with E-state index in [0.717, 1.165) is 11.3 Å². The first-order chi connectivity index (χ1) is 8.74. The Kier molecular flexibility index (Phi) is 5.80. The Hall–Kier alpha value is -1.94. The number of rotatable bonds is 8. The van der Waals surface area contributed by atoms with Crippen molar-refractivity contribution in [2.24, 2.45) is 0 Å². The molecule has 4 nitrogen and oxygen atoms in total. The number of anilines is 1. The fraction of sp³-hybridized carbons (Fsp3) is 0.286. The maximum absolute atomic E-state index is 5.59. The van der Waals surface area contributed by atoms with Crippen LogP contribution in [-0.4, -0.2) is 6.61 Å². The highest BCUT2D eigenvalue weighted by atomic mass is 16.9. The third-order valence-electron chi connectivity index (χ3n) is 2.33. The topological polar surface area (TPSA) is 30.9 Å². The van der Waals surface area contributed by atoms with E-state index < -0.39 is 0 Å². The Morgan fingerprint density at radius 1 is 1.22 bits per heavy atom. The van der Waals surface area contributed by atoms with Crippen LogP contribution in [-0.2, 0) is 14.4 Å². The summed E-state index contributed by atoms with van der Waals surface area (Å²) in [5.41, 5.74) is 1.71. The smallest absolute Gasteiger partial charge is 0.124 e. The Labute approximate surface area is 108 Å². The average Bonchev–Trinajstić information content (AvgIpc) is 2.39. The summed E-state index contributed by atoms with van der Waals surface area (Å²) in [4.78, 5) is 10.4. The zero-order chi connectivity index (χ0) is 13.4. The molecule has 0 heterocycles. The second kappa shape index (κ2) is 7.40. The van der Waals surface area contributed by atoms with E-state index in [1.165, 1.54) is 17.8 Å². The molecule has 1 rings (SSSR count). The van der Waals surface area contributed by atoms with Gasteiger partial charge in [-0.2, -0.15) is 0 Å². The summed E-state index contributed by atoms with van der Waals surface area (Å²) in [5.74, 6) is 0. The minimum Gasteiger partial charge on any atom is -0.374 e. The monoisotopic (exact) mass is 249 g/mol. The first-order valence-corrected chi connectivity index (χ1v) is 5.80. The van der Waals surface area contributed by atoms with E-state index in [0.29, 0.717) is 6.61 Å². The third kappa shape index (κ3) is 3.53. The molecular formula is C14H19NO3. The van der Waals surface area contributed by atoms with E-state index in [4.69, 9.17) is 14.4 Å². The van der Waals surface area contributed by atoms with E-state index in [9.17, 15) is 0 Å². The molecule has 0 saturated heterocycles. The van der Waals surface area contributed by atoms with E-state index >= 15 is 0 Å². The molecule has 1 unspecified atom stereocenters. The SMILES string of the molecule is C=CON(OC=C)c1ccccc1C(C)OCC. The molecule has 1 atom stereocenters. The van der Waals surface area contributed by atoms with Gasteiger partial charge in [0.2, 0.25) is 0 Å². The van der Waals surface area contributed by atoms with Gasteiger partial charge in [-0.25, -0.2) is 0 Å². The van der Waals surface area contributed by atoms with Crippen molar-refractivity contribution in [3.05, 3.63) is 55.5 Å². The molecule has 0 bridgehead atoms. The zero-order valence-electron chi connectivity index (χ0n) is 10.8. The van der Waals surface area contributed by atoms with Gasteiger partial charge in [0.15, 0.2) is 0 Å². The summed E-state index contributed by atoms with van der Waals surface area (Å²) in [6.07, 6.45) is 2.51. The predicted octanol–water partition coefficient (Wildman–Crippen LogP) is 3.74. The number of hydrogen-bond acceptors (Lipinski definition) is 4. The van der Waals surface area contributed by atoms with Crippen LogP contribution in [0.2, 0.25) is 0 Å². The molecule has 0 fully saturated rings. The number of benzene rings is 1. The van der Waals surface area contributed by atoms with Crippen LogP contribution in [0.4, 0.5) is 5.69 Å². The molecule has 0 saturated carbocycles. The lowest BCUT2D eigenvalue weighted by atomic mass is 10.1. The van der Waals surface area contributed by atoms with Crippen LogP contribution in [0.1, 0.15) is 25.5 Å². The quantitative estimate of drug-likeness (QED) is 0.518. The van der Waals surface area contributed by atoms with Crippen LogP contribution < -0.4 is 5.23 Å². The number of hydrogen-bond donors (Lipinski definition) is 0. The zero-order valence-corrected chi connectivity index (χ0v) is 10.8. The molecule has 98 valence electrons. The molecule has 1 aromatic rings. The molecule has 0 radical (unpaired) electrons. The summed E-state index contributed by atoms with van der Waals surface area (Å²) < 4.78 is 5.59. The van der Waals surface area contributed by atoms with Crippen molar-refractivity contribution in [1.29, 1.82) is 0 Å². The molecular weight excluding hydrogens is 230 g/mol. The molecule has 18 heavy (non-hydrogen) atoms. The van der Waals surface area contributed by atoms with Crippen LogP contribution >= 0.6 is 0 Å². The third-order valence-corrected chi connectivity index (χ3v) is 2.33. The Morgan fingerprint density at radius 2 is 1.83 bits per heavy atom. The maximum atomic E-state index is 5.59. The number of ether oxygens (including phenoxy) is 1. The normalized spacial score (nSPS) is 11.4. The first-order valence-electron chi connectivity index (χ1n) is 5.80. The highest BCUT2D eigenvalue weighted by molar-refractivity contribution is 5.51. The van der Waals surface area contributed by atoms with Crippen molar-refractivity contribution in [1.82, 2.24) is 0 Å². The van der Waals surface area contributed by atoms with Gasteiger partial charge < -0.3 is 14.4 Å². The van der Waals surface area contributed by atoms with E-state index in [1.807, 2.05) is 38.1 Å². The van der Waals surface area contributed by atoms with Crippen LogP contribution in [0.15, 0.2) is 49.9 Å². The summed E-state index contributed by atoms with van der Waals surface area (Å²) in [6.45, 7) is 11.6. The van der Waals surface area contributed by atoms with Crippen molar-refractivity contribution in [3.63, 3.8) is 0 Å². The molecule has 0 aliphatic heterocycles. The number of nitrogens with zero attached hydrogens (tertiary/aromatic N) is 1. The second-order valence-electron chi connectivity index (χ2n) is 3.46. The average molecular weight is 249 g/mol. The molecule has 1 aromatic carbocycles. The molecule has 0 aliphatic carbocycles. The van der Waals surface area contributed by atoms with E-state index in [2.05, 4.69) is 13.2 Å². The van der Waals surface area contributed by atoms with Gasteiger partial charge in [-0.05, 0) is 25.1 Å². The molecule has 4 heteroatoms. The van der Waals surface area contributed by atoms with E-state index in [1.54, 1.807) is 0 Å². The minimum atomic E-state index is -0.0597. The van der Waals surface area contributed by atoms with Crippen LogP contribution in [0.25, 0.3) is 0 Å². The highest BCUT2D eigenvalue weighted by Gasteiger charge is 2.16. The summed E-state index contributed by atoms with van der Waals surface area (Å²) in [6, 6.07) is 7.66. The summed E-state index contributed by atoms with van der Waals surface area (Å²) in [5, 5.41) is 1.24. The van der Waals surface area contributed by atoms with Gasteiger partial charge >= 0.3 is 0 Å². The standard InChI is InChI=1S/C14H19NO3/c1-5-16-12(4)13-10-8-9-11-14(13)15(17-6-2)18-7-3/h6-12H,2-3,5H2,1,4H3. The van der Waals surface area contributed by atoms with Crippen LogP contribution in [0.5, 0.6) is 0 Å². The van der Waals surface area contributed by atoms with Gasteiger partial charge in [0.1, 0.15) is 18.2 Å². The van der Waals surface area contributed by atoms with Crippen molar-refractivity contribution in [3.8, 4) is 0 Å². The Morgan fingerprint density at radius 3 is 2.39 bits per heavy atom. The first kappa shape index (κ1) is 14.1. The van der Waals surface area contributed by atoms with E-state index in [-0.39, 0.29) is 6.10 Å². The lowest BCUT2D eigenvalue weighted by molar-refractivity contribution is -0.000232. The van der Waals surface area contributed by atoms with Gasteiger partial charge in [-0.15, -0.1) is 0 Å². The van der Waals surface area contributed by atoms with Gasteiger partial charge in [0.05, 0.1) is 6.10 Å². The van der Waals surface area contributed by atoms with Crippen molar-refractivity contribution in [2.75, 3.05) is 11.8 Å². The summed E-state index contributed by atoms with van der Waals surface area (Å²) in [7, 11) is 0. The Balaban J connectivity index is 3.04. The fourth-order valence-corrected chi connectivity index (χ4v) is 1.61. The van der Waals surface area contributed by atoms with Gasteiger partial charge in [0.25, 0.3) is 0 Å². The minimum absolute atomic E-state index is 0.0597. The highest BCUT2D eigenvalue weighted by Crippen LogP contribution is 2.29. The molecule has 0 aromatic heterocycles. The molecule has 0 amide bonds. The predicted molar refractivity (Wildman–Crippen MR) is 71.5 cm³/mol. The van der Waals surface area contributed by atoms with Gasteiger partial charge in [-0.3, -0.25) is 0 Å². The van der Waals surface area contributed by atoms with Crippen LogP contribution in [0, 0.1) is 0 Å². The van der Waals surface area contributed by atoms with Crippen molar-refractivity contribution >= 4 is 5.69 Å². The summed E-state index contributed by atoms with van der Waals surface area (Å²) >= 11 is 0. The molecule has 0 aliphatic rings. The Bertz CT molecular complexity index is 382. The van der Waals surface area contributed by atoms with Crippen molar-refractivity contribution < 1.29 is 14.4 Å². The second-order valence-corrected chi connectivity index (χ2v) is 3.46. The van der Waals surface area contributed by atoms with Crippen LogP contribution in [0.3, 0.4) is 0 Å².